The molecular weight excluding hydrogens is 869 g/mol. The number of aromatic nitrogens is 4. The fourth-order valence-electron chi connectivity index (χ4n) is 10.6. The Balaban J connectivity index is 1.02. The summed E-state index contributed by atoms with van der Waals surface area (Å²) in [4.78, 5) is 16.4. The average molecular weight is 903 g/mol. The predicted octanol–water partition coefficient (Wildman–Crippen LogP) is 17.4. The van der Waals surface area contributed by atoms with Crippen molar-refractivity contribution in [1.29, 1.82) is 0 Å². The van der Waals surface area contributed by atoms with Crippen molar-refractivity contribution in [3.8, 4) is 51.0 Å². The molecule has 5 aromatic heterocycles. The number of benzene rings is 10. The maximum Gasteiger partial charge on any atom is 0.164 e. The van der Waals surface area contributed by atoms with Crippen LogP contribution in [0, 0.1) is 0 Å². The van der Waals surface area contributed by atoms with Crippen LogP contribution in [0.2, 0.25) is 0 Å². The summed E-state index contributed by atoms with van der Waals surface area (Å²) in [5, 5.41) is 11.7. The second-order valence-electron chi connectivity index (χ2n) is 17.5. The van der Waals surface area contributed by atoms with Crippen LogP contribution in [-0.2, 0) is 0 Å². The Labute approximate surface area is 396 Å². The Morgan fingerprint density at radius 3 is 1.62 bits per heavy atom. The van der Waals surface area contributed by atoms with Crippen LogP contribution < -0.4 is 0 Å². The molecule has 0 atom stereocenters. The lowest BCUT2D eigenvalue weighted by Gasteiger charge is -2.17. The molecule has 15 rings (SSSR count). The topological polar surface area (TPSA) is 56.7 Å². The Hall–Kier alpha value is -8.49. The van der Waals surface area contributed by atoms with Crippen molar-refractivity contribution < 1.29 is 4.42 Å². The van der Waals surface area contributed by atoms with Gasteiger partial charge in [0, 0.05) is 84.1 Å². The zero-order chi connectivity index (χ0) is 44.5. The number of furan rings is 1. The molecule has 0 radical (unpaired) electrons. The first-order valence-corrected chi connectivity index (χ1v) is 24.4. The van der Waals surface area contributed by atoms with Gasteiger partial charge in [-0.1, -0.05) is 127 Å². The molecule has 0 bridgehead atoms. The van der Waals surface area contributed by atoms with Gasteiger partial charge in [-0.15, -0.1) is 22.7 Å². The Bertz CT molecular complexity index is 4460. The van der Waals surface area contributed by atoms with Crippen LogP contribution in [0.15, 0.2) is 211 Å². The standard InChI is InChI=1S/C61H34N4OS2/c1-2-14-36-33-50-47(31-35(36)13-1)39-15-3-7-21-48(39)65(50)49-30-28-38(32-46(49)37-27-29-41-40-16-4-8-22-51(40)66-52(41)34-37)59-62-60(44-19-11-25-55-57(44)42-17-5-9-23-53(42)67-55)64-61(63-59)45-20-12-26-56-58(45)43-18-6-10-24-54(43)68-56/h1-34H. The molecule has 316 valence electrons. The lowest BCUT2D eigenvalue weighted by atomic mass is 9.98. The van der Waals surface area contributed by atoms with E-state index in [1.807, 2.05) is 12.1 Å². The minimum Gasteiger partial charge on any atom is -0.456 e. The third-order valence-corrected chi connectivity index (χ3v) is 15.9. The molecule has 0 spiro atoms. The Kier molecular flexibility index (Phi) is 8.04. The van der Waals surface area contributed by atoms with E-state index in [-0.39, 0.29) is 0 Å². The van der Waals surface area contributed by atoms with Crippen LogP contribution in [0.25, 0.3) is 146 Å². The molecule has 0 saturated heterocycles. The molecular formula is C61H34N4OS2. The Morgan fingerprint density at radius 1 is 0.338 bits per heavy atom. The number of thiophene rings is 2. The highest BCUT2D eigenvalue weighted by Crippen LogP contribution is 2.44. The molecule has 10 aromatic carbocycles. The van der Waals surface area contributed by atoms with Gasteiger partial charge in [0.1, 0.15) is 11.2 Å². The van der Waals surface area contributed by atoms with Crippen molar-refractivity contribution in [2.75, 3.05) is 0 Å². The summed E-state index contributed by atoms with van der Waals surface area (Å²) in [7, 11) is 0. The van der Waals surface area contributed by atoms with Crippen LogP contribution in [0.3, 0.4) is 0 Å². The highest BCUT2D eigenvalue weighted by molar-refractivity contribution is 7.26. The number of fused-ring (bicyclic) bond motifs is 13. The van der Waals surface area contributed by atoms with Gasteiger partial charge in [-0.2, -0.15) is 0 Å². The molecule has 0 aliphatic carbocycles. The van der Waals surface area contributed by atoms with E-state index < -0.39 is 0 Å². The molecule has 7 heteroatoms. The second-order valence-corrected chi connectivity index (χ2v) is 19.6. The van der Waals surface area contributed by atoms with Crippen molar-refractivity contribution >= 4 is 118 Å². The van der Waals surface area contributed by atoms with E-state index in [9.17, 15) is 0 Å². The third kappa shape index (κ3) is 5.64. The average Bonchev–Trinajstić information content (AvgIpc) is 4.16. The number of nitrogens with zero attached hydrogens (tertiary/aromatic N) is 4. The lowest BCUT2D eigenvalue weighted by molar-refractivity contribution is 0.669. The largest absolute Gasteiger partial charge is 0.456 e. The van der Waals surface area contributed by atoms with Crippen molar-refractivity contribution in [1.82, 2.24) is 19.5 Å². The van der Waals surface area contributed by atoms with Gasteiger partial charge in [-0.05, 0) is 95.2 Å². The van der Waals surface area contributed by atoms with Gasteiger partial charge in [0.25, 0.3) is 0 Å². The SMILES string of the molecule is c1ccc2cc3c(cc2c1)c1ccccc1n3-c1ccc(-c2nc(-c3cccc4sc5ccccc5c34)nc(-c3cccc4sc5ccccc5c34)n2)cc1-c1ccc2c(c1)oc1ccccc12. The van der Waals surface area contributed by atoms with Crippen molar-refractivity contribution in [3.63, 3.8) is 0 Å². The van der Waals surface area contributed by atoms with Crippen molar-refractivity contribution in [3.05, 3.63) is 206 Å². The number of hydrogen-bond acceptors (Lipinski definition) is 6. The Morgan fingerprint density at radius 2 is 0.897 bits per heavy atom. The summed E-state index contributed by atoms with van der Waals surface area (Å²) >= 11 is 3.60. The smallest absolute Gasteiger partial charge is 0.164 e. The molecule has 0 aliphatic rings. The van der Waals surface area contributed by atoms with E-state index in [1.165, 1.54) is 51.1 Å². The molecule has 5 heterocycles. The highest BCUT2D eigenvalue weighted by atomic mass is 32.1. The maximum atomic E-state index is 6.56. The van der Waals surface area contributed by atoms with Crippen molar-refractivity contribution in [2.24, 2.45) is 0 Å². The monoisotopic (exact) mass is 902 g/mol. The van der Waals surface area contributed by atoms with Crippen molar-refractivity contribution in [2.45, 2.75) is 0 Å². The van der Waals surface area contributed by atoms with Gasteiger partial charge in [0.2, 0.25) is 0 Å². The van der Waals surface area contributed by atoms with Gasteiger partial charge in [-0.25, -0.2) is 15.0 Å². The van der Waals surface area contributed by atoms with Crippen LogP contribution in [-0.4, -0.2) is 19.5 Å². The molecule has 0 aliphatic heterocycles. The van der Waals surface area contributed by atoms with Gasteiger partial charge in [0.15, 0.2) is 17.5 Å². The molecule has 68 heavy (non-hydrogen) atoms. The third-order valence-electron chi connectivity index (χ3n) is 13.6. The summed E-state index contributed by atoms with van der Waals surface area (Å²) in [6, 6.07) is 73.8. The first-order chi connectivity index (χ1) is 33.7. The minimum atomic E-state index is 0.601. The minimum absolute atomic E-state index is 0.601. The number of para-hydroxylation sites is 2. The van der Waals surface area contributed by atoms with E-state index in [2.05, 4.69) is 199 Å². The van der Waals surface area contributed by atoms with Gasteiger partial charge >= 0.3 is 0 Å². The first kappa shape index (κ1) is 37.7. The fourth-order valence-corrected chi connectivity index (χ4v) is 12.8. The summed E-state index contributed by atoms with van der Waals surface area (Å²) < 4.78 is 13.9. The number of hydrogen-bond donors (Lipinski definition) is 0. The molecule has 0 unspecified atom stereocenters. The summed E-state index contributed by atoms with van der Waals surface area (Å²) in [6.45, 7) is 0. The van der Waals surface area contributed by atoms with E-state index in [1.54, 1.807) is 22.7 Å². The van der Waals surface area contributed by atoms with Crippen LogP contribution in [0.1, 0.15) is 0 Å². The predicted molar refractivity (Wildman–Crippen MR) is 286 cm³/mol. The zero-order valence-electron chi connectivity index (χ0n) is 36.1. The first-order valence-electron chi connectivity index (χ1n) is 22.7. The highest BCUT2D eigenvalue weighted by Gasteiger charge is 2.23. The molecule has 0 N–H and O–H groups in total. The normalized spacial score (nSPS) is 12.1. The van der Waals surface area contributed by atoms with E-state index in [0.29, 0.717) is 17.5 Å². The van der Waals surface area contributed by atoms with Gasteiger partial charge in [-0.3, -0.25) is 0 Å². The quantitative estimate of drug-likeness (QED) is 0.173. The lowest BCUT2D eigenvalue weighted by Crippen LogP contribution is -2.02. The van der Waals surface area contributed by atoms with Crippen LogP contribution in [0.4, 0.5) is 0 Å². The van der Waals surface area contributed by atoms with Crippen LogP contribution in [0.5, 0.6) is 0 Å². The molecule has 0 saturated carbocycles. The van der Waals surface area contributed by atoms with Crippen LogP contribution >= 0.6 is 22.7 Å². The van der Waals surface area contributed by atoms with Gasteiger partial charge < -0.3 is 8.98 Å². The zero-order valence-corrected chi connectivity index (χ0v) is 37.8. The molecule has 5 nitrogen and oxygen atoms in total. The van der Waals surface area contributed by atoms with E-state index in [0.717, 1.165) is 77.2 Å². The number of rotatable bonds is 5. The summed E-state index contributed by atoms with van der Waals surface area (Å²) in [5.74, 6) is 1.88. The fraction of sp³-hybridized carbons (Fsp3) is 0. The second kappa shape index (κ2) is 14.5. The molecule has 0 amide bonds. The summed E-state index contributed by atoms with van der Waals surface area (Å²) in [6.07, 6.45) is 0. The van der Waals surface area contributed by atoms with E-state index in [4.69, 9.17) is 19.4 Å². The van der Waals surface area contributed by atoms with Gasteiger partial charge in [0.05, 0.1) is 16.7 Å². The molecule has 0 fully saturated rings. The maximum absolute atomic E-state index is 6.56. The summed E-state index contributed by atoms with van der Waals surface area (Å²) in [5.41, 5.74) is 9.93. The molecule has 15 aromatic rings. The van der Waals surface area contributed by atoms with E-state index >= 15 is 0 Å².